The minimum atomic E-state index is 0.814. The van der Waals surface area contributed by atoms with Crippen molar-refractivity contribution in [3.8, 4) is 11.4 Å². The zero-order valence-corrected chi connectivity index (χ0v) is 16.1. The molecule has 0 radical (unpaired) electrons. The van der Waals surface area contributed by atoms with E-state index in [4.69, 9.17) is 4.74 Å². The number of aryl methyl sites for hydroxylation is 1. The summed E-state index contributed by atoms with van der Waals surface area (Å²) in [6.45, 7) is 4.24. The Labute approximate surface area is 156 Å². The summed E-state index contributed by atoms with van der Waals surface area (Å²) in [7, 11) is 1.66. The molecule has 3 aromatic rings. The Kier molecular flexibility index (Phi) is 5.04. The molecule has 0 amide bonds. The first-order valence-corrected chi connectivity index (χ1v) is 8.79. The maximum absolute atomic E-state index is 5.24. The summed E-state index contributed by atoms with van der Waals surface area (Å²) in [5.74, 6) is 0.814. The highest BCUT2D eigenvalue weighted by Crippen LogP contribution is 2.23. The van der Waals surface area contributed by atoms with Crippen molar-refractivity contribution in [2.24, 2.45) is 4.99 Å². The van der Waals surface area contributed by atoms with E-state index in [0.717, 1.165) is 17.0 Å². The number of hydrogen-bond acceptors (Lipinski definition) is 2. The number of rotatable bonds is 4. The number of aliphatic imine (C=N–C) groups is 1. The Balaban J connectivity index is 1.93. The smallest absolute Gasteiger partial charge is 0.121 e. The van der Waals surface area contributed by atoms with Crippen molar-refractivity contribution in [1.29, 1.82) is 0 Å². The normalized spacial score (nSPS) is 11.2. The van der Waals surface area contributed by atoms with Crippen molar-refractivity contribution in [2.45, 2.75) is 13.8 Å². The molecule has 0 aliphatic heterocycles. The van der Waals surface area contributed by atoms with Gasteiger partial charge in [0.15, 0.2) is 0 Å². The highest BCUT2D eigenvalue weighted by Gasteiger charge is 2.09. The van der Waals surface area contributed by atoms with Gasteiger partial charge in [0.1, 0.15) is 5.75 Å². The van der Waals surface area contributed by atoms with Crippen LogP contribution in [0.15, 0.2) is 59.6 Å². The van der Waals surface area contributed by atoms with Gasteiger partial charge in [-0.25, -0.2) is 0 Å². The molecule has 0 aliphatic rings. The molecule has 0 bridgehead atoms. The summed E-state index contributed by atoms with van der Waals surface area (Å²) in [6.07, 6.45) is 1.92. The average molecular weight is 430 g/mol. The molecule has 0 unspecified atom stereocenters. The first kappa shape index (κ1) is 16.8. The Morgan fingerprint density at radius 1 is 1.04 bits per heavy atom. The van der Waals surface area contributed by atoms with Crippen molar-refractivity contribution in [3.63, 3.8) is 0 Å². The van der Waals surface area contributed by atoms with Gasteiger partial charge in [-0.3, -0.25) is 4.99 Å². The predicted molar refractivity (Wildman–Crippen MR) is 108 cm³/mol. The minimum absolute atomic E-state index is 0.814. The van der Waals surface area contributed by atoms with Crippen LogP contribution in [0.3, 0.4) is 0 Å². The molecule has 3 rings (SSSR count). The van der Waals surface area contributed by atoms with E-state index in [1.165, 1.54) is 20.6 Å². The number of hydrogen-bond donors (Lipinski definition) is 0. The molecule has 0 N–H and O–H groups in total. The number of aromatic nitrogens is 1. The third kappa shape index (κ3) is 3.53. The maximum Gasteiger partial charge on any atom is 0.121 e. The highest BCUT2D eigenvalue weighted by molar-refractivity contribution is 14.1. The molecule has 0 spiro atoms. The van der Waals surface area contributed by atoms with Crippen molar-refractivity contribution in [2.75, 3.05) is 7.11 Å². The highest BCUT2D eigenvalue weighted by atomic mass is 127. The summed E-state index contributed by atoms with van der Waals surface area (Å²) in [6, 6.07) is 18.5. The van der Waals surface area contributed by atoms with Gasteiger partial charge < -0.3 is 9.30 Å². The molecule has 4 heteroatoms. The lowest BCUT2D eigenvalue weighted by Crippen LogP contribution is -1.99. The standard InChI is InChI=1S/C20H19IN2O/c1-14-11-16(13-22-18-5-4-6-20(12-18)24-3)15(2)23(14)19-9-7-17(21)8-10-19/h4-13H,1-3H3. The van der Waals surface area contributed by atoms with Crippen LogP contribution in [-0.2, 0) is 0 Å². The van der Waals surface area contributed by atoms with E-state index in [-0.39, 0.29) is 0 Å². The molecule has 0 saturated carbocycles. The maximum atomic E-state index is 5.24. The van der Waals surface area contributed by atoms with E-state index < -0.39 is 0 Å². The summed E-state index contributed by atoms with van der Waals surface area (Å²) in [5, 5.41) is 0. The summed E-state index contributed by atoms with van der Waals surface area (Å²) in [5.41, 5.74) is 5.55. The zero-order valence-electron chi connectivity index (χ0n) is 14.0. The van der Waals surface area contributed by atoms with Crippen LogP contribution in [0, 0.1) is 17.4 Å². The Bertz CT molecular complexity index is 879. The van der Waals surface area contributed by atoms with Crippen LogP contribution in [0.2, 0.25) is 0 Å². The SMILES string of the molecule is COc1cccc(N=Cc2cc(C)n(-c3ccc(I)cc3)c2C)c1. The van der Waals surface area contributed by atoms with Gasteiger partial charge in [0.25, 0.3) is 0 Å². The molecular weight excluding hydrogens is 411 g/mol. The lowest BCUT2D eigenvalue weighted by molar-refractivity contribution is 0.415. The van der Waals surface area contributed by atoms with Crippen LogP contribution in [0.5, 0.6) is 5.75 Å². The van der Waals surface area contributed by atoms with Crippen LogP contribution < -0.4 is 4.74 Å². The van der Waals surface area contributed by atoms with Crippen molar-refractivity contribution in [3.05, 3.63) is 75.1 Å². The molecule has 0 atom stereocenters. The van der Waals surface area contributed by atoms with Crippen LogP contribution in [-0.4, -0.2) is 17.9 Å². The van der Waals surface area contributed by atoms with E-state index in [1.807, 2.05) is 30.5 Å². The lowest BCUT2D eigenvalue weighted by atomic mass is 10.2. The van der Waals surface area contributed by atoms with Crippen molar-refractivity contribution < 1.29 is 4.74 Å². The van der Waals surface area contributed by atoms with Gasteiger partial charge in [0, 0.05) is 38.5 Å². The first-order valence-electron chi connectivity index (χ1n) is 7.71. The van der Waals surface area contributed by atoms with E-state index in [2.05, 4.69) is 76.3 Å². The fourth-order valence-electron chi connectivity index (χ4n) is 2.74. The lowest BCUT2D eigenvalue weighted by Gasteiger charge is -2.09. The second-order valence-electron chi connectivity index (χ2n) is 5.60. The van der Waals surface area contributed by atoms with E-state index in [1.54, 1.807) is 7.11 Å². The van der Waals surface area contributed by atoms with Crippen LogP contribution in [0.4, 0.5) is 5.69 Å². The number of halogens is 1. The third-order valence-corrected chi connectivity index (χ3v) is 4.68. The van der Waals surface area contributed by atoms with Gasteiger partial charge in [-0.2, -0.15) is 0 Å². The molecule has 2 aromatic carbocycles. The summed E-state index contributed by atoms with van der Waals surface area (Å²) in [4.78, 5) is 4.59. The topological polar surface area (TPSA) is 26.5 Å². The molecule has 3 nitrogen and oxygen atoms in total. The molecule has 1 heterocycles. The van der Waals surface area contributed by atoms with Gasteiger partial charge in [-0.1, -0.05) is 6.07 Å². The molecule has 0 aliphatic carbocycles. The van der Waals surface area contributed by atoms with Gasteiger partial charge in [-0.15, -0.1) is 0 Å². The second kappa shape index (κ2) is 7.21. The largest absolute Gasteiger partial charge is 0.497 e. The van der Waals surface area contributed by atoms with E-state index >= 15 is 0 Å². The van der Waals surface area contributed by atoms with E-state index in [0.29, 0.717) is 0 Å². The van der Waals surface area contributed by atoms with Gasteiger partial charge in [-0.05, 0) is 78.9 Å². The Hall–Kier alpha value is -2.08. The quantitative estimate of drug-likeness (QED) is 0.399. The predicted octanol–water partition coefficient (Wildman–Crippen LogP) is 5.46. The molecule has 122 valence electrons. The fourth-order valence-corrected chi connectivity index (χ4v) is 3.10. The monoisotopic (exact) mass is 430 g/mol. The van der Waals surface area contributed by atoms with Gasteiger partial charge in [0.05, 0.1) is 12.8 Å². The molecule has 0 saturated heterocycles. The van der Waals surface area contributed by atoms with Crippen LogP contribution >= 0.6 is 22.6 Å². The average Bonchev–Trinajstić information content (AvgIpc) is 2.88. The van der Waals surface area contributed by atoms with Crippen LogP contribution in [0.1, 0.15) is 17.0 Å². The summed E-state index contributed by atoms with van der Waals surface area (Å²) < 4.78 is 8.73. The zero-order chi connectivity index (χ0) is 17.1. The molecule has 1 aromatic heterocycles. The van der Waals surface area contributed by atoms with Crippen molar-refractivity contribution >= 4 is 34.5 Å². The Morgan fingerprint density at radius 2 is 1.79 bits per heavy atom. The minimum Gasteiger partial charge on any atom is -0.497 e. The molecule has 0 fully saturated rings. The fraction of sp³-hybridized carbons (Fsp3) is 0.150. The van der Waals surface area contributed by atoms with E-state index in [9.17, 15) is 0 Å². The van der Waals surface area contributed by atoms with Crippen LogP contribution in [0.25, 0.3) is 5.69 Å². The number of methoxy groups -OCH3 is 1. The first-order chi connectivity index (χ1) is 11.6. The number of nitrogens with zero attached hydrogens (tertiary/aromatic N) is 2. The van der Waals surface area contributed by atoms with Gasteiger partial charge >= 0.3 is 0 Å². The molecular formula is C20H19IN2O. The number of ether oxygens (including phenoxy) is 1. The molecule has 24 heavy (non-hydrogen) atoms. The third-order valence-electron chi connectivity index (χ3n) is 3.96. The Morgan fingerprint density at radius 3 is 2.50 bits per heavy atom. The number of benzene rings is 2. The summed E-state index contributed by atoms with van der Waals surface area (Å²) >= 11 is 2.32. The van der Waals surface area contributed by atoms with Crippen molar-refractivity contribution in [1.82, 2.24) is 4.57 Å². The van der Waals surface area contributed by atoms with Gasteiger partial charge in [0.2, 0.25) is 0 Å². The second-order valence-corrected chi connectivity index (χ2v) is 6.84.